The van der Waals surface area contributed by atoms with Gasteiger partial charge in [0.05, 0.1) is 0 Å². The molecule has 21 heavy (non-hydrogen) atoms. The van der Waals surface area contributed by atoms with Crippen molar-refractivity contribution in [2.45, 2.75) is 32.6 Å². The van der Waals surface area contributed by atoms with Crippen LogP contribution in [0.4, 0.5) is 0 Å². The molecule has 2 nitrogen and oxygen atoms in total. The first kappa shape index (κ1) is 16.8. The fourth-order valence-corrected chi connectivity index (χ4v) is 3.84. The van der Waals surface area contributed by atoms with Crippen LogP contribution in [0.3, 0.4) is 0 Å². The molecule has 118 valence electrons. The summed E-state index contributed by atoms with van der Waals surface area (Å²) >= 11 is 0. The van der Waals surface area contributed by atoms with Crippen molar-refractivity contribution in [3.05, 3.63) is 35.9 Å². The minimum Gasteiger partial charge on any atom is -0.316 e. The molecule has 3 rings (SSSR count). The molecule has 2 saturated heterocycles. The van der Waals surface area contributed by atoms with Crippen LogP contribution in [0.5, 0.6) is 0 Å². The number of likely N-dealkylation sites (tertiary alicyclic amines) is 1. The van der Waals surface area contributed by atoms with Crippen molar-refractivity contribution in [1.82, 2.24) is 10.2 Å². The minimum absolute atomic E-state index is 0. The summed E-state index contributed by atoms with van der Waals surface area (Å²) in [5.41, 5.74) is 2.03. The fourth-order valence-electron chi connectivity index (χ4n) is 3.84. The van der Waals surface area contributed by atoms with E-state index in [4.69, 9.17) is 0 Å². The number of nitrogens with zero attached hydrogens (tertiary/aromatic N) is 1. The summed E-state index contributed by atoms with van der Waals surface area (Å²) in [5.74, 6) is 0.892. The first-order valence-corrected chi connectivity index (χ1v) is 8.21. The maximum Gasteiger partial charge on any atom is 0.00480 e. The Morgan fingerprint density at radius 3 is 2.52 bits per heavy atom. The third-order valence-electron chi connectivity index (χ3n) is 5.14. The predicted molar refractivity (Wildman–Crippen MR) is 92.2 cm³/mol. The van der Waals surface area contributed by atoms with Gasteiger partial charge in [0.1, 0.15) is 0 Å². The van der Waals surface area contributed by atoms with Crippen LogP contribution in [0, 0.1) is 11.3 Å². The van der Waals surface area contributed by atoms with E-state index in [2.05, 4.69) is 47.5 Å². The van der Waals surface area contributed by atoms with Crippen LogP contribution in [0.2, 0.25) is 0 Å². The van der Waals surface area contributed by atoms with E-state index in [1.807, 2.05) is 0 Å². The van der Waals surface area contributed by atoms with Gasteiger partial charge in [-0.15, -0.1) is 12.4 Å². The van der Waals surface area contributed by atoms with Crippen molar-refractivity contribution in [1.29, 1.82) is 0 Å². The summed E-state index contributed by atoms with van der Waals surface area (Å²) in [4.78, 5) is 2.70. The molecule has 2 fully saturated rings. The molecule has 1 aromatic carbocycles. The van der Waals surface area contributed by atoms with Gasteiger partial charge in [0, 0.05) is 13.1 Å². The first-order valence-electron chi connectivity index (χ1n) is 8.21. The van der Waals surface area contributed by atoms with Crippen LogP contribution in [0.1, 0.15) is 31.7 Å². The zero-order valence-electron chi connectivity index (χ0n) is 13.2. The normalized spacial score (nSPS) is 27.5. The number of halogens is 1. The van der Waals surface area contributed by atoms with Gasteiger partial charge in [-0.2, -0.15) is 0 Å². The van der Waals surface area contributed by atoms with Gasteiger partial charge < -0.3 is 10.2 Å². The Morgan fingerprint density at radius 2 is 1.90 bits per heavy atom. The molecule has 2 aliphatic heterocycles. The second-order valence-corrected chi connectivity index (χ2v) is 7.15. The Hall–Kier alpha value is -0.570. The summed E-state index contributed by atoms with van der Waals surface area (Å²) in [6.45, 7) is 8.75. The molecular formula is C18H29ClN2. The molecule has 1 aromatic rings. The molecule has 0 aromatic heterocycles. The quantitative estimate of drug-likeness (QED) is 0.917. The average Bonchev–Trinajstić information content (AvgIpc) is 2.89. The molecule has 0 spiro atoms. The highest BCUT2D eigenvalue weighted by Gasteiger charge is 2.31. The van der Waals surface area contributed by atoms with Gasteiger partial charge in [0.25, 0.3) is 0 Å². The van der Waals surface area contributed by atoms with Gasteiger partial charge in [-0.25, -0.2) is 0 Å². The SMILES string of the molecule is CC1(CN2CCC(Cc3ccccc3)CC2)CCNC1.Cl. The lowest BCUT2D eigenvalue weighted by molar-refractivity contribution is 0.128. The van der Waals surface area contributed by atoms with Crippen LogP contribution in [0.25, 0.3) is 0 Å². The van der Waals surface area contributed by atoms with Crippen molar-refractivity contribution >= 4 is 12.4 Å². The average molecular weight is 309 g/mol. The number of piperidine rings is 1. The highest BCUT2D eigenvalue weighted by molar-refractivity contribution is 5.85. The van der Waals surface area contributed by atoms with Gasteiger partial charge >= 0.3 is 0 Å². The first-order chi connectivity index (χ1) is 9.73. The van der Waals surface area contributed by atoms with Crippen LogP contribution in [-0.2, 0) is 6.42 Å². The van der Waals surface area contributed by atoms with E-state index in [1.54, 1.807) is 0 Å². The van der Waals surface area contributed by atoms with Crippen molar-refractivity contribution < 1.29 is 0 Å². The molecular weight excluding hydrogens is 280 g/mol. The van der Waals surface area contributed by atoms with Gasteiger partial charge in [0.2, 0.25) is 0 Å². The maximum absolute atomic E-state index is 3.52. The van der Waals surface area contributed by atoms with E-state index >= 15 is 0 Å². The van der Waals surface area contributed by atoms with E-state index < -0.39 is 0 Å². The number of hydrogen-bond acceptors (Lipinski definition) is 2. The zero-order chi connectivity index (χ0) is 13.8. The van der Waals surface area contributed by atoms with Gasteiger partial charge in [-0.3, -0.25) is 0 Å². The van der Waals surface area contributed by atoms with Crippen LogP contribution in [-0.4, -0.2) is 37.6 Å². The Bertz CT molecular complexity index is 406. The standard InChI is InChI=1S/C18H28N2.ClH/c1-18(9-10-19-14-18)15-20-11-7-17(8-12-20)13-16-5-3-2-4-6-16;/h2-6,17,19H,7-15H2,1H3;1H. The van der Waals surface area contributed by atoms with E-state index in [9.17, 15) is 0 Å². The molecule has 2 heterocycles. The highest BCUT2D eigenvalue weighted by atomic mass is 35.5. The van der Waals surface area contributed by atoms with Crippen LogP contribution >= 0.6 is 12.4 Å². The summed E-state index contributed by atoms with van der Waals surface area (Å²) < 4.78 is 0. The molecule has 0 saturated carbocycles. The van der Waals surface area contributed by atoms with E-state index in [-0.39, 0.29) is 12.4 Å². The lowest BCUT2D eigenvalue weighted by Crippen LogP contribution is -2.42. The Morgan fingerprint density at radius 1 is 1.19 bits per heavy atom. The van der Waals surface area contributed by atoms with E-state index in [0.29, 0.717) is 5.41 Å². The smallest absolute Gasteiger partial charge is 0.00480 e. The molecule has 0 amide bonds. The van der Waals surface area contributed by atoms with Crippen molar-refractivity contribution in [3.63, 3.8) is 0 Å². The second-order valence-electron chi connectivity index (χ2n) is 7.15. The molecule has 3 heteroatoms. The Labute approximate surface area is 135 Å². The number of nitrogens with one attached hydrogen (secondary N) is 1. The number of rotatable bonds is 4. The molecule has 0 radical (unpaired) electrons. The minimum atomic E-state index is 0. The summed E-state index contributed by atoms with van der Waals surface area (Å²) in [6.07, 6.45) is 5.36. The lowest BCUT2D eigenvalue weighted by atomic mass is 9.86. The van der Waals surface area contributed by atoms with E-state index in [0.717, 1.165) is 5.92 Å². The monoisotopic (exact) mass is 308 g/mol. The molecule has 0 bridgehead atoms. The molecule has 2 aliphatic rings. The van der Waals surface area contributed by atoms with Crippen molar-refractivity contribution in [2.24, 2.45) is 11.3 Å². The third-order valence-corrected chi connectivity index (χ3v) is 5.14. The van der Waals surface area contributed by atoms with Gasteiger partial charge in [-0.1, -0.05) is 37.3 Å². The summed E-state index contributed by atoms with van der Waals surface area (Å²) in [6, 6.07) is 11.0. The number of benzene rings is 1. The molecule has 1 atom stereocenters. The van der Waals surface area contributed by atoms with Gasteiger partial charge in [0.15, 0.2) is 0 Å². The summed E-state index contributed by atoms with van der Waals surface area (Å²) in [7, 11) is 0. The largest absolute Gasteiger partial charge is 0.316 e. The van der Waals surface area contributed by atoms with Crippen molar-refractivity contribution in [2.75, 3.05) is 32.7 Å². The molecule has 1 unspecified atom stereocenters. The second kappa shape index (κ2) is 7.62. The fraction of sp³-hybridized carbons (Fsp3) is 0.667. The number of hydrogen-bond donors (Lipinski definition) is 1. The molecule has 0 aliphatic carbocycles. The van der Waals surface area contributed by atoms with E-state index in [1.165, 1.54) is 64.0 Å². The van der Waals surface area contributed by atoms with Gasteiger partial charge in [-0.05, 0) is 62.2 Å². The van der Waals surface area contributed by atoms with Crippen molar-refractivity contribution in [3.8, 4) is 0 Å². The third kappa shape index (κ3) is 4.70. The highest BCUT2D eigenvalue weighted by Crippen LogP contribution is 2.29. The topological polar surface area (TPSA) is 15.3 Å². The maximum atomic E-state index is 3.52. The zero-order valence-corrected chi connectivity index (χ0v) is 14.0. The lowest BCUT2D eigenvalue weighted by Gasteiger charge is -2.37. The Balaban J connectivity index is 0.00000161. The summed E-state index contributed by atoms with van der Waals surface area (Å²) in [5, 5.41) is 3.52. The predicted octanol–water partition coefficient (Wildman–Crippen LogP) is 3.36. The Kier molecular flexibility index (Phi) is 6.09. The molecule has 1 N–H and O–H groups in total. The van der Waals surface area contributed by atoms with Crippen LogP contribution in [0.15, 0.2) is 30.3 Å². The van der Waals surface area contributed by atoms with Crippen LogP contribution < -0.4 is 5.32 Å².